The Kier molecular flexibility index (Phi) is 3.80. The summed E-state index contributed by atoms with van der Waals surface area (Å²) in [5, 5.41) is 2.94. The van der Waals surface area contributed by atoms with Gasteiger partial charge in [0.15, 0.2) is 0 Å². The Morgan fingerprint density at radius 3 is 2.79 bits per heavy atom. The van der Waals surface area contributed by atoms with E-state index in [1.165, 1.54) is 0 Å². The highest BCUT2D eigenvalue weighted by Gasteiger charge is 2.11. The first kappa shape index (κ1) is 13.1. The lowest BCUT2D eigenvalue weighted by Crippen LogP contribution is -2.26. The first-order valence-corrected chi connectivity index (χ1v) is 6.15. The Morgan fingerprint density at radius 2 is 2.16 bits per heavy atom. The minimum absolute atomic E-state index is 0.0842. The van der Waals surface area contributed by atoms with Crippen LogP contribution in [0.25, 0.3) is 0 Å². The molecule has 4 nitrogen and oxygen atoms in total. The van der Waals surface area contributed by atoms with Gasteiger partial charge >= 0.3 is 0 Å². The van der Waals surface area contributed by atoms with Gasteiger partial charge in [-0.05, 0) is 49.2 Å². The van der Waals surface area contributed by atoms with Gasteiger partial charge in [-0.15, -0.1) is 0 Å². The number of nitrogen functional groups attached to an aromatic ring is 1. The second-order valence-corrected chi connectivity index (χ2v) is 4.55. The van der Waals surface area contributed by atoms with Crippen molar-refractivity contribution in [3.8, 4) is 0 Å². The van der Waals surface area contributed by atoms with Gasteiger partial charge in [-0.2, -0.15) is 0 Å². The van der Waals surface area contributed by atoms with Crippen LogP contribution in [0, 0.1) is 6.92 Å². The SMILES string of the molecule is Cc1cc(C(=O)N[C@H](C)c2cccnc2)ccc1N. The van der Waals surface area contributed by atoms with Crippen LogP contribution in [0.15, 0.2) is 42.7 Å². The van der Waals surface area contributed by atoms with Crippen molar-refractivity contribution in [1.29, 1.82) is 0 Å². The summed E-state index contributed by atoms with van der Waals surface area (Å²) in [7, 11) is 0. The third kappa shape index (κ3) is 3.10. The van der Waals surface area contributed by atoms with Gasteiger partial charge in [-0.25, -0.2) is 0 Å². The molecule has 0 saturated carbocycles. The van der Waals surface area contributed by atoms with Crippen molar-refractivity contribution < 1.29 is 4.79 Å². The molecule has 0 fully saturated rings. The predicted octanol–water partition coefficient (Wildman–Crippen LogP) is 2.46. The number of anilines is 1. The van der Waals surface area contributed by atoms with Crippen LogP contribution in [0.4, 0.5) is 5.69 Å². The van der Waals surface area contributed by atoms with Crippen LogP contribution in [0.1, 0.15) is 34.5 Å². The molecule has 0 saturated heterocycles. The van der Waals surface area contributed by atoms with Crippen LogP contribution in [0.5, 0.6) is 0 Å². The Balaban J connectivity index is 2.11. The molecule has 4 heteroatoms. The van der Waals surface area contributed by atoms with Crippen molar-refractivity contribution >= 4 is 11.6 Å². The van der Waals surface area contributed by atoms with Gasteiger partial charge in [-0.1, -0.05) is 6.07 Å². The van der Waals surface area contributed by atoms with E-state index in [1.54, 1.807) is 30.6 Å². The number of aromatic nitrogens is 1. The van der Waals surface area contributed by atoms with Crippen molar-refractivity contribution in [2.45, 2.75) is 19.9 Å². The van der Waals surface area contributed by atoms with E-state index in [-0.39, 0.29) is 11.9 Å². The number of pyridine rings is 1. The van der Waals surface area contributed by atoms with Crippen molar-refractivity contribution in [1.82, 2.24) is 10.3 Å². The zero-order valence-electron chi connectivity index (χ0n) is 11.1. The smallest absolute Gasteiger partial charge is 0.251 e. The molecule has 3 N–H and O–H groups in total. The fourth-order valence-electron chi connectivity index (χ4n) is 1.81. The zero-order chi connectivity index (χ0) is 13.8. The molecular weight excluding hydrogens is 238 g/mol. The standard InChI is InChI=1S/C15H17N3O/c1-10-8-12(5-6-14(10)16)15(19)18-11(2)13-4-3-7-17-9-13/h3-9,11H,16H2,1-2H3,(H,18,19)/t11-/m1/s1. The normalized spacial score (nSPS) is 11.9. The Labute approximate surface area is 112 Å². The van der Waals surface area contributed by atoms with Crippen LogP contribution in [-0.2, 0) is 0 Å². The summed E-state index contributed by atoms with van der Waals surface area (Å²) in [5.41, 5.74) is 8.93. The average Bonchev–Trinajstić information content (AvgIpc) is 2.42. The maximum atomic E-state index is 12.1. The number of nitrogens with one attached hydrogen (secondary N) is 1. The fourth-order valence-corrected chi connectivity index (χ4v) is 1.81. The molecule has 1 aromatic heterocycles. The van der Waals surface area contributed by atoms with Crippen molar-refractivity contribution in [2.75, 3.05) is 5.73 Å². The molecule has 0 aliphatic rings. The molecule has 0 radical (unpaired) electrons. The van der Waals surface area contributed by atoms with E-state index in [1.807, 2.05) is 26.0 Å². The zero-order valence-corrected chi connectivity index (χ0v) is 11.1. The van der Waals surface area contributed by atoms with E-state index in [9.17, 15) is 4.79 Å². The molecule has 1 atom stereocenters. The number of carbonyl (C=O) groups is 1. The second-order valence-electron chi connectivity index (χ2n) is 4.55. The van der Waals surface area contributed by atoms with Crippen molar-refractivity contribution in [2.24, 2.45) is 0 Å². The van der Waals surface area contributed by atoms with E-state index in [4.69, 9.17) is 5.73 Å². The number of hydrogen-bond donors (Lipinski definition) is 2. The summed E-state index contributed by atoms with van der Waals surface area (Å²) in [6, 6.07) is 8.98. The fraction of sp³-hybridized carbons (Fsp3) is 0.200. The van der Waals surface area contributed by atoms with Crippen LogP contribution in [0.3, 0.4) is 0 Å². The molecule has 1 aromatic carbocycles. The summed E-state index contributed by atoms with van der Waals surface area (Å²) in [6.45, 7) is 3.82. The number of amides is 1. The van der Waals surface area contributed by atoms with Gasteiger partial charge in [-0.3, -0.25) is 9.78 Å². The van der Waals surface area contributed by atoms with Gasteiger partial charge in [0, 0.05) is 23.6 Å². The third-order valence-corrected chi connectivity index (χ3v) is 3.06. The maximum absolute atomic E-state index is 12.1. The number of aryl methyl sites for hydroxylation is 1. The Bertz CT molecular complexity index is 581. The van der Waals surface area contributed by atoms with E-state index in [0.29, 0.717) is 11.3 Å². The molecule has 2 rings (SSSR count). The van der Waals surface area contributed by atoms with E-state index in [0.717, 1.165) is 11.1 Å². The van der Waals surface area contributed by atoms with Gasteiger partial charge in [0.1, 0.15) is 0 Å². The number of carbonyl (C=O) groups excluding carboxylic acids is 1. The van der Waals surface area contributed by atoms with Crippen LogP contribution in [-0.4, -0.2) is 10.9 Å². The van der Waals surface area contributed by atoms with Crippen molar-refractivity contribution in [3.05, 3.63) is 59.4 Å². The van der Waals surface area contributed by atoms with E-state index < -0.39 is 0 Å². The van der Waals surface area contributed by atoms with Gasteiger partial charge in [0.2, 0.25) is 0 Å². The number of rotatable bonds is 3. The summed E-state index contributed by atoms with van der Waals surface area (Å²) < 4.78 is 0. The maximum Gasteiger partial charge on any atom is 0.251 e. The summed E-state index contributed by atoms with van der Waals surface area (Å²) in [4.78, 5) is 16.2. The monoisotopic (exact) mass is 255 g/mol. The van der Waals surface area contributed by atoms with Gasteiger partial charge in [0.05, 0.1) is 6.04 Å². The minimum atomic E-state index is -0.112. The molecule has 1 amide bonds. The average molecular weight is 255 g/mol. The number of benzene rings is 1. The minimum Gasteiger partial charge on any atom is -0.399 e. The van der Waals surface area contributed by atoms with Crippen LogP contribution in [0.2, 0.25) is 0 Å². The highest BCUT2D eigenvalue weighted by atomic mass is 16.1. The Hall–Kier alpha value is -2.36. The predicted molar refractivity (Wildman–Crippen MR) is 75.7 cm³/mol. The molecule has 98 valence electrons. The number of nitrogens with zero attached hydrogens (tertiary/aromatic N) is 1. The molecule has 0 unspecified atom stereocenters. The van der Waals surface area contributed by atoms with E-state index >= 15 is 0 Å². The summed E-state index contributed by atoms with van der Waals surface area (Å²) in [6.07, 6.45) is 3.46. The molecule has 1 heterocycles. The van der Waals surface area contributed by atoms with E-state index in [2.05, 4.69) is 10.3 Å². The van der Waals surface area contributed by atoms with Crippen LogP contribution >= 0.6 is 0 Å². The molecule has 19 heavy (non-hydrogen) atoms. The first-order valence-electron chi connectivity index (χ1n) is 6.15. The van der Waals surface area contributed by atoms with Gasteiger partial charge < -0.3 is 11.1 Å². The number of nitrogens with two attached hydrogens (primary N) is 1. The molecule has 2 aromatic rings. The quantitative estimate of drug-likeness (QED) is 0.828. The molecule has 0 aliphatic carbocycles. The lowest BCUT2D eigenvalue weighted by Gasteiger charge is -2.14. The van der Waals surface area contributed by atoms with Crippen LogP contribution < -0.4 is 11.1 Å². The molecular formula is C15H17N3O. The molecule has 0 bridgehead atoms. The summed E-state index contributed by atoms with van der Waals surface area (Å²) >= 11 is 0. The second kappa shape index (κ2) is 5.52. The molecule has 0 spiro atoms. The highest BCUT2D eigenvalue weighted by Crippen LogP contribution is 2.15. The summed E-state index contributed by atoms with van der Waals surface area (Å²) in [5.74, 6) is -0.112. The highest BCUT2D eigenvalue weighted by molar-refractivity contribution is 5.95. The third-order valence-electron chi connectivity index (χ3n) is 3.06. The number of hydrogen-bond acceptors (Lipinski definition) is 3. The first-order chi connectivity index (χ1) is 9.08. The van der Waals surface area contributed by atoms with Gasteiger partial charge in [0.25, 0.3) is 5.91 Å². The molecule has 0 aliphatic heterocycles. The topological polar surface area (TPSA) is 68.0 Å². The lowest BCUT2D eigenvalue weighted by molar-refractivity contribution is 0.0940. The lowest BCUT2D eigenvalue weighted by atomic mass is 10.1. The largest absolute Gasteiger partial charge is 0.399 e. The van der Waals surface area contributed by atoms with Crippen molar-refractivity contribution in [3.63, 3.8) is 0 Å². The Morgan fingerprint density at radius 1 is 1.37 bits per heavy atom.